The first-order valence-corrected chi connectivity index (χ1v) is 11.7. The molecule has 1 aromatic heterocycles. The van der Waals surface area contributed by atoms with Crippen molar-refractivity contribution in [3.63, 3.8) is 0 Å². The Balaban J connectivity index is 2.31. The monoisotopic (exact) mass is 485 g/mol. The number of alkyl halides is 1. The van der Waals surface area contributed by atoms with E-state index < -0.39 is 60.4 Å². The van der Waals surface area contributed by atoms with E-state index in [0.717, 1.165) is 12.3 Å². The lowest BCUT2D eigenvalue weighted by molar-refractivity contribution is -0.0445. The van der Waals surface area contributed by atoms with Gasteiger partial charge in [0, 0.05) is 6.20 Å². The largest absolute Gasteiger partial charge is 0.490 e. The van der Waals surface area contributed by atoms with Crippen LogP contribution in [-0.4, -0.2) is 59.2 Å². The van der Waals surface area contributed by atoms with Gasteiger partial charge in [-0.05, 0) is 6.07 Å². The number of nitrogen functional groups attached to an aromatic ring is 1. The van der Waals surface area contributed by atoms with Gasteiger partial charge in [0.1, 0.15) is 30.8 Å². The number of ether oxygens (including phenoxy) is 1. The van der Waals surface area contributed by atoms with Gasteiger partial charge in [0.05, 0.1) is 0 Å². The van der Waals surface area contributed by atoms with Crippen LogP contribution in [0.5, 0.6) is 0 Å². The van der Waals surface area contributed by atoms with Gasteiger partial charge >= 0.3 is 29.2 Å². The Labute approximate surface area is 160 Å². The Morgan fingerprint density at radius 2 is 1.83 bits per heavy atom. The van der Waals surface area contributed by atoms with Crippen LogP contribution in [-0.2, 0) is 31.6 Å². The molecule has 0 amide bonds. The van der Waals surface area contributed by atoms with E-state index in [9.17, 15) is 32.9 Å². The summed E-state index contributed by atoms with van der Waals surface area (Å²) < 4.78 is 64.3. The zero-order valence-corrected chi connectivity index (χ0v) is 16.5. The van der Waals surface area contributed by atoms with Gasteiger partial charge < -0.3 is 35.2 Å². The highest BCUT2D eigenvalue weighted by atomic mass is 31.3. The molecule has 0 bridgehead atoms. The van der Waals surface area contributed by atoms with Crippen molar-refractivity contribution in [1.29, 1.82) is 0 Å². The smallest absolute Gasteiger partial charge is 0.387 e. The summed E-state index contributed by atoms with van der Waals surface area (Å²) in [5.41, 5.74) is 4.23. The number of halogens is 1. The summed E-state index contributed by atoms with van der Waals surface area (Å²) in [5, 5.41) is 10.0. The molecule has 0 aliphatic carbocycles. The maximum Gasteiger partial charge on any atom is 0.490 e. The number of rotatable bonds is 8. The van der Waals surface area contributed by atoms with Gasteiger partial charge in [0.15, 0.2) is 6.23 Å². The Hall–Kier alpha value is -1.06. The second-order valence-electron chi connectivity index (χ2n) is 5.41. The van der Waals surface area contributed by atoms with Crippen LogP contribution in [0, 0.1) is 0 Å². The van der Waals surface area contributed by atoms with Gasteiger partial charge in [-0.3, -0.25) is 9.09 Å². The Morgan fingerprint density at radius 3 is 2.34 bits per heavy atom. The highest BCUT2D eigenvalue weighted by Gasteiger charge is 2.51. The molecule has 2 rings (SSSR count). The third kappa shape index (κ3) is 6.46. The number of nitrogens with two attached hydrogens (primary N) is 1. The van der Waals surface area contributed by atoms with E-state index in [1.165, 1.54) is 0 Å². The molecule has 2 heterocycles. The molecule has 166 valence electrons. The molecule has 1 aromatic rings. The number of phosphoric acid groups is 3. The molecule has 2 unspecified atom stereocenters. The summed E-state index contributed by atoms with van der Waals surface area (Å²) in [6, 6.07) is 1.10. The molecule has 1 saturated heterocycles. The number of phosphoric ester groups is 1. The molecule has 0 aromatic carbocycles. The van der Waals surface area contributed by atoms with Crippen molar-refractivity contribution in [2.45, 2.75) is 24.5 Å². The van der Waals surface area contributed by atoms with Crippen molar-refractivity contribution in [1.82, 2.24) is 9.55 Å². The second kappa shape index (κ2) is 8.59. The van der Waals surface area contributed by atoms with Crippen molar-refractivity contribution in [3.05, 3.63) is 22.7 Å². The second-order valence-corrected chi connectivity index (χ2v) is 9.79. The van der Waals surface area contributed by atoms with Crippen LogP contribution >= 0.6 is 23.5 Å². The molecule has 29 heavy (non-hydrogen) atoms. The van der Waals surface area contributed by atoms with Crippen LogP contribution in [0.1, 0.15) is 6.23 Å². The first-order chi connectivity index (χ1) is 13.1. The summed E-state index contributed by atoms with van der Waals surface area (Å²) in [6.07, 6.45) is -6.46. The predicted octanol–water partition coefficient (Wildman–Crippen LogP) is -1.23. The fourth-order valence-corrected chi connectivity index (χ4v) is 5.45. The highest BCUT2D eigenvalue weighted by molar-refractivity contribution is 7.66. The molecule has 1 aliphatic rings. The maximum atomic E-state index is 13.0. The van der Waals surface area contributed by atoms with E-state index in [1.54, 1.807) is 0 Å². The highest BCUT2D eigenvalue weighted by Crippen LogP contribution is 2.67. The number of hydrogen-bond acceptors (Lipinski definition) is 11. The number of aliphatic hydroxyl groups is 1. The van der Waals surface area contributed by atoms with E-state index in [4.69, 9.17) is 25.2 Å². The van der Waals surface area contributed by atoms with Crippen molar-refractivity contribution < 1.29 is 60.6 Å². The number of aliphatic hydroxyl groups excluding tert-OH is 1. The molecule has 0 radical (unpaired) electrons. The van der Waals surface area contributed by atoms with Gasteiger partial charge in [0.25, 0.3) is 0 Å². The van der Waals surface area contributed by atoms with Crippen molar-refractivity contribution in [2.24, 2.45) is 0 Å². The average Bonchev–Trinajstić information content (AvgIpc) is 2.79. The molecule has 1 fully saturated rings. The van der Waals surface area contributed by atoms with Crippen LogP contribution in [0.2, 0.25) is 0 Å². The molecule has 16 nitrogen and oxygen atoms in total. The molecular formula is C9H15FN3O13P3. The third-order valence-corrected chi connectivity index (χ3v) is 7.10. The molecule has 0 spiro atoms. The van der Waals surface area contributed by atoms with Crippen LogP contribution in [0.25, 0.3) is 0 Å². The number of aromatic nitrogens is 2. The molecule has 0 saturated carbocycles. The molecule has 7 N–H and O–H groups in total. The minimum atomic E-state index is -5.84. The van der Waals surface area contributed by atoms with Crippen molar-refractivity contribution in [3.8, 4) is 0 Å². The molecule has 20 heteroatoms. The van der Waals surface area contributed by atoms with Crippen LogP contribution < -0.4 is 11.4 Å². The molecule has 6 atom stereocenters. The third-order valence-electron chi connectivity index (χ3n) is 3.26. The zero-order valence-electron chi connectivity index (χ0n) is 13.9. The SMILES string of the molecule is Nc1ccn([C@@H]2O[C@H](CF)[C@@H](O)[C@H]2OP(=O)(O)OP(=O)(O)OP(=O)(O)O)c(=O)n1. The minimum Gasteiger partial charge on any atom is -0.387 e. The van der Waals surface area contributed by atoms with Crippen molar-refractivity contribution in [2.75, 3.05) is 12.4 Å². The lowest BCUT2D eigenvalue weighted by atomic mass is 10.1. The lowest BCUT2D eigenvalue weighted by Gasteiger charge is -2.24. The van der Waals surface area contributed by atoms with Crippen LogP contribution in [0.3, 0.4) is 0 Å². The summed E-state index contributed by atoms with van der Waals surface area (Å²) in [7, 11) is -17.2. The molecule has 1 aliphatic heterocycles. The van der Waals surface area contributed by atoms with E-state index in [1.807, 2.05) is 0 Å². The van der Waals surface area contributed by atoms with Crippen molar-refractivity contribution >= 4 is 29.3 Å². The average molecular weight is 485 g/mol. The maximum absolute atomic E-state index is 13.0. The van der Waals surface area contributed by atoms with E-state index in [-0.39, 0.29) is 5.82 Å². The molecular weight excluding hydrogens is 470 g/mol. The fourth-order valence-electron chi connectivity index (χ4n) is 2.26. The summed E-state index contributed by atoms with van der Waals surface area (Å²) in [5.74, 6) is -0.212. The zero-order chi connectivity index (χ0) is 22.2. The van der Waals surface area contributed by atoms with Crippen LogP contribution in [0.15, 0.2) is 17.1 Å². The standard InChI is InChI=1S/C9H15FN3O13P3/c10-3-4-6(14)7(8(23-4)13-2-1-5(11)12-9(13)15)24-28(19,20)26-29(21,22)25-27(16,17)18/h1-2,4,6-8,14H,3H2,(H,19,20)(H,21,22)(H2,11,12,15)(H2,16,17,18)/t4-,6-,7-,8-/m1/s1. The number of hydrogen-bond donors (Lipinski definition) is 6. The number of nitrogens with zero attached hydrogens (tertiary/aromatic N) is 2. The van der Waals surface area contributed by atoms with Crippen LogP contribution in [0.4, 0.5) is 10.2 Å². The quantitative estimate of drug-likeness (QED) is 0.236. The first-order valence-electron chi connectivity index (χ1n) is 7.20. The van der Waals surface area contributed by atoms with Gasteiger partial charge in [-0.15, -0.1) is 0 Å². The van der Waals surface area contributed by atoms with Gasteiger partial charge in [-0.25, -0.2) is 22.9 Å². The predicted molar refractivity (Wildman–Crippen MR) is 87.5 cm³/mol. The minimum absolute atomic E-state index is 0.212. The Kier molecular flexibility index (Phi) is 7.17. The van der Waals surface area contributed by atoms with E-state index >= 15 is 0 Å². The van der Waals surface area contributed by atoms with Gasteiger partial charge in [-0.1, -0.05) is 0 Å². The van der Waals surface area contributed by atoms with E-state index in [0.29, 0.717) is 4.57 Å². The summed E-state index contributed by atoms with van der Waals surface area (Å²) >= 11 is 0. The summed E-state index contributed by atoms with van der Waals surface area (Å²) in [4.78, 5) is 51.0. The van der Waals surface area contributed by atoms with Gasteiger partial charge in [0.2, 0.25) is 0 Å². The van der Waals surface area contributed by atoms with Gasteiger partial charge in [-0.2, -0.15) is 13.6 Å². The fraction of sp³-hybridized carbons (Fsp3) is 0.556. The summed E-state index contributed by atoms with van der Waals surface area (Å²) in [6.45, 7) is -1.33. The number of anilines is 1. The topological polar surface area (TPSA) is 250 Å². The Bertz CT molecular complexity index is 951. The normalized spacial score (nSPS) is 29.3. The van der Waals surface area contributed by atoms with E-state index in [2.05, 4.69) is 18.1 Å². The first kappa shape index (κ1) is 24.2. The lowest BCUT2D eigenvalue weighted by Crippen LogP contribution is -2.37. The Morgan fingerprint density at radius 1 is 1.21 bits per heavy atom.